The normalized spacial score (nSPS) is 22.9. The molecule has 1 atom stereocenters. The van der Waals surface area contributed by atoms with E-state index in [4.69, 9.17) is 11.6 Å². The van der Waals surface area contributed by atoms with Crippen molar-refractivity contribution >= 4 is 23.2 Å². The molecular weight excluding hydrogens is 310 g/mol. The van der Waals surface area contributed by atoms with Crippen LogP contribution in [-0.4, -0.2) is 54.5 Å². The molecule has 124 valence electrons. The second-order valence-corrected chi connectivity index (χ2v) is 6.67. The Hall–Kier alpha value is -1.36. The minimum absolute atomic E-state index is 0.00381. The van der Waals surface area contributed by atoms with Gasteiger partial charge >= 0.3 is 0 Å². The van der Waals surface area contributed by atoms with E-state index < -0.39 is 0 Å². The molecule has 1 N–H and O–H groups in total. The van der Waals surface area contributed by atoms with Crippen LogP contribution in [0.2, 0.25) is 5.02 Å². The van der Waals surface area contributed by atoms with E-state index in [-0.39, 0.29) is 5.91 Å². The molecular formula is C18H24ClN3O. The molecule has 0 saturated carbocycles. The largest absolute Gasteiger partial charge is 0.324 e. The molecule has 1 aromatic rings. The van der Waals surface area contributed by atoms with E-state index >= 15 is 0 Å². The zero-order valence-electron chi connectivity index (χ0n) is 13.4. The second-order valence-electron chi connectivity index (χ2n) is 6.27. The zero-order valence-corrected chi connectivity index (χ0v) is 14.1. The number of carbonyl (C=O) groups excluding carboxylic acids is 1. The van der Waals surface area contributed by atoms with Crippen LogP contribution in [0.1, 0.15) is 19.3 Å². The highest BCUT2D eigenvalue weighted by Gasteiger charge is 2.24. The van der Waals surface area contributed by atoms with Crippen molar-refractivity contribution in [3.8, 4) is 0 Å². The number of para-hydroxylation sites is 1. The summed E-state index contributed by atoms with van der Waals surface area (Å²) < 4.78 is 0. The fourth-order valence-corrected chi connectivity index (χ4v) is 3.49. The number of carbonyl (C=O) groups is 1. The Morgan fingerprint density at radius 3 is 2.70 bits per heavy atom. The Labute approximate surface area is 143 Å². The van der Waals surface area contributed by atoms with Gasteiger partial charge in [0.2, 0.25) is 5.91 Å². The monoisotopic (exact) mass is 333 g/mol. The molecule has 1 saturated heterocycles. The summed E-state index contributed by atoms with van der Waals surface area (Å²) in [5.74, 6) is 0.00381. The van der Waals surface area contributed by atoms with E-state index in [1.165, 1.54) is 19.3 Å². The molecule has 1 aliphatic heterocycles. The number of piperazine rings is 1. The predicted octanol–water partition coefficient (Wildman–Crippen LogP) is 3.00. The number of rotatable bonds is 4. The minimum Gasteiger partial charge on any atom is -0.324 e. The summed E-state index contributed by atoms with van der Waals surface area (Å²) in [6.07, 6.45) is 8.44. The van der Waals surface area contributed by atoms with E-state index in [1.54, 1.807) is 6.07 Å². The number of hydrogen-bond acceptors (Lipinski definition) is 3. The average molecular weight is 334 g/mol. The number of halogens is 1. The van der Waals surface area contributed by atoms with Crippen LogP contribution < -0.4 is 5.32 Å². The molecule has 1 heterocycles. The Morgan fingerprint density at radius 1 is 1.22 bits per heavy atom. The maximum absolute atomic E-state index is 12.2. The van der Waals surface area contributed by atoms with E-state index in [9.17, 15) is 4.79 Å². The van der Waals surface area contributed by atoms with Gasteiger partial charge in [0.25, 0.3) is 0 Å². The highest BCUT2D eigenvalue weighted by atomic mass is 35.5. The van der Waals surface area contributed by atoms with Crippen LogP contribution in [0.3, 0.4) is 0 Å². The average Bonchev–Trinajstić information content (AvgIpc) is 2.58. The molecule has 1 amide bonds. The van der Waals surface area contributed by atoms with Crippen LogP contribution in [0.5, 0.6) is 0 Å². The predicted molar refractivity (Wildman–Crippen MR) is 94.9 cm³/mol. The third-order valence-corrected chi connectivity index (χ3v) is 4.95. The van der Waals surface area contributed by atoms with Gasteiger partial charge in [-0.3, -0.25) is 14.6 Å². The fourth-order valence-electron chi connectivity index (χ4n) is 3.31. The van der Waals surface area contributed by atoms with Crippen molar-refractivity contribution in [1.29, 1.82) is 0 Å². The molecule has 0 unspecified atom stereocenters. The standard InChI is InChI=1S/C18H24ClN3O/c19-16-8-4-5-9-17(16)20-18(23)14-21-10-12-22(13-11-21)15-6-2-1-3-7-15/h2,4-6,8-9,15H,1,3,7,10-14H2,(H,20,23)/t15-/m1/s1. The molecule has 0 spiro atoms. The third kappa shape index (κ3) is 4.56. The molecule has 1 aliphatic carbocycles. The molecule has 0 radical (unpaired) electrons. The van der Waals surface area contributed by atoms with Gasteiger partial charge in [0, 0.05) is 32.2 Å². The van der Waals surface area contributed by atoms with E-state index in [2.05, 4.69) is 27.3 Å². The van der Waals surface area contributed by atoms with Gasteiger partial charge < -0.3 is 5.32 Å². The molecule has 1 aromatic carbocycles. The molecule has 0 aromatic heterocycles. The minimum atomic E-state index is 0.00381. The van der Waals surface area contributed by atoms with Crippen molar-refractivity contribution in [3.05, 3.63) is 41.4 Å². The quantitative estimate of drug-likeness (QED) is 0.860. The molecule has 2 aliphatic rings. The first-order valence-electron chi connectivity index (χ1n) is 8.40. The highest BCUT2D eigenvalue weighted by Crippen LogP contribution is 2.21. The summed E-state index contributed by atoms with van der Waals surface area (Å²) in [6, 6.07) is 7.94. The van der Waals surface area contributed by atoms with Crippen LogP contribution >= 0.6 is 11.6 Å². The topological polar surface area (TPSA) is 35.6 Å². The van der Waals surface area contributed by atoms with Gasteiger partial charge in [-0.05, 0) is 31.4 Å². The van der Waals surface area contributed by atoms with E-state index in [0.717, 1.165) is 26.2 Å². The molecule has 5 heteroatoms. The SMILES string of the molecule is O=C(CN1CCN([C@@H]2C=CCCC2)CC1)Nc1ccccc1Cl. The van der Waals surface area contributed by atoms with Gasteiger partial charge in [-0.25, -0.2) is 0 Å². The van der Waals surface area contributed by atoms with Crippen LogP contribution in [0.15, 0.2) is 36.4 Å². The highest BCUT2D eigenvalue weighted by molar-refractivity contribution is 6.33. The maximum atomic E-state index is 12.2. The molecule has 0 bridgehead atoms. The summed E-state index contributed by atoms with van der Waals surface area (Å²) in [4.78, 5) is 16.9. The van der Waals surface area contributed by atoms with Crippen LogP contribution in [0.25, 0.3) is 0 Å². The van der Waals surface area contributed by atoms with Gasteiger partial charge in [-0.1, -0.05) is 35.9 Å². The van der Waals surface area contributed by atoms with E-state index in [0.29, 0.717) is 23.3 Å². The Morgan fingerprint density at radius 2 is 2.00 bits per heavy atom. The van der Waals surface area contributed by atoms with Crippen molar-refractivity contribution in [3.63, 3.8) is 0 Å². The summed E-state index contributed by atoms with van der Waals surface area (Å²) in [6.45, 7) is 4.39. The number of nitrogens with one attached hydrogen (secondary N) is 1. The van der Waals surface area contributed by atoms with Crippen LogP contribution in [-0.2, 0) is 4.79 Å². The summed E-state index contributed by atoms with van der Waals surface area (Å²) in [7, 11) is 0. The number of amides is 1. The maximum Gasteiger partial charge on any atom is 0.238 e. The third-order valence-electron chi connectivity index (χ3n) is 4.62. The molecule has 3 rings (SSSR count). The smallest absolute Gasteiger partial charge is 0.238 e. The molecule has 1 fully saturated rings. The summed E-state index contributed by atoms with van der Waals surface area (Å²) in [5.41, 5.74) is 0.685. The number of anilines is 1. The Kier molecular flexibility index (Phi) is 5.70. The van der Waals surface area contributed by atoms with Crippen molar-refractivity contribution in [2.24, 2.45) is 0 Å². The first-order valence-corrected chi connectivity index (χ1v) is 8.77. The Bertz CT molecular complexity index is 567. The van der Waals surface area contributed by atoms with E-state index in [1.807, 2.05) is 18.2 Å². The lowest BCUT2D eigenvalue weighted by Crippen LogP contribution is -2.51. The second kappa shape index (κ2) is 7.95. The van der Waals surface area contributed by atoms with Gasteiger partial charge in [0.05, 0.1) is 17.3 Å². The van der Waals surface area contributed by atoms with Crippen molar-refractivity contribution in [2.75, 3.05) is 38.0 Å². The Balaban J connectivity index is 1.45. The van der Waals surface area contributed by atoms with Gasteiger partial charge in [-0.15, -0.1) is 0 Å². The summed E-state index contributed by atoms with van der Waals surface area (Å²) in [5, 5.41) is 3.47. The number of hydrogen-bond donors (Lipinski definition) is 1. The van der Waals surface area contributed by atoms with Gasteiger partial charge in [0.1, 0.15) is 0 Å². The lowest BCUT2D eigenvalue weighted by atomic mass is 10.0. The van der Waals surface area contributed by atoms with Crippen LogP contribution in [0, 0.1) is 0 Å². The first-order chi connectivity index (χ1) is 11.2. The fraction of sp³-hybridized carbons (Fsp3) is 0.500. The van der Waals surface area contributed by atoms with Crippen molar-refractivity contribution < 1.29 is 4.79 Å². The molecule has 4 nitrogen and oxygen atoms in total. The summed E-state index contributed by atoms with van der Waals surface area (Å²) >= 11 is 6.07. The lowest BCUT2D eigenvalue weighted by molar-refractivity contribution is -0.117. The van der Waals surface area contributed by atoms with Crippen LogP contribution in [0.4, 0.5) is 5.69 Å². The van der Waals surface area contributed by atoms with Crippen molar-refractivity contribution in [2.45, 2.75) is 25.3 Å². The number of nitrogens with zero attached hydrogens (tertiary/aromatic N) is 2. The lowest BCUT2D eigenvalue weighted by Gasteiger charge is -2.38. The number of allylic oxidation sites excluding steroid dienone is 1. The zero-order chi connectivity index (χ0) is 16.1. The first kappa shape index (κ1) is 16.5. The van der Waals surface area contributed by atoms with Gasteiger partial charge in [0.15, 0.2) is 0 Å². The number of benzene rings is 1. The molecule has 23 heavy (non-hydrogen) atoms. The van der Waals surface area contributed by atoms with Crippen molar-refractivity contribution in [1.82, 2.24) is 9.80 Å². The van der Waals surface area contributed by atoms with Gasteiger partial charge in [-0.2, -0.15) is 0 Å².